The Balaban J connectivity index is 0.952. The average Bonchev–Trinajstić information content (AvgIpc) is 3.76. The Labute approximate surface area is 289 Å². The number of ether oxygens (including phenoxy) is 2. The molecule has 1 aliphatic heterocycles. The van der Waals surface area contributed by atoms with E-state index in [2.05, 4.69) is 42.6 Å². The number of aliphatic hydroxyl groups is 4. The van der Waals surface area contributed by atoms with Gasteiger partial charge in [-0.1, -0.05) is 32.6 Å². The van der Waals surface area contributed by atoms with Crippen LogP contribution in [-0.4, -0.2) is 78.6 Å². The lowest BCUT2D eigenvalue weighted by Crippen LogP contribution is -2.58. The second-order valence-corrected chi connectivity index (χ2v) is 16.4. The third-order valence-electron chi connectivity index (χ3n) is 14.2. The van der Waals surface area contributed by atoms with E-state index in [9.17, 15) is 25.2 Å². The highest BCUT2D eigenvalue weighted by atomic mass is 16.5. The van der Waals surface area contributed by atoms with Gasteiger partial charge in [0.05, 0.1) is 35.9 Å². The monoisotopic (exact) mass is 678 g/mol. The largest absolute Gasteiger partial charge is 0.452 e. The van der Waals surface area contributed by atoms with Crippen LogP contribution in [0.15, 0.2) is 12.5 Å². The molecule has 0 radical (unpaired) electrons. The van der Waals surface area contributed by atoms with Crippen molar-refractivity contribution in [2.75, 3.05) is 18.9 Å². The molecule has 4 aliphatic carbocycles. The van der Waals surface area contributed by atoms with Gasteiger partial charge >= 0.3 is 5.97 Å². The van der Waals surface area contributed by atoms with Crippen molar-refractivity contribution < 1.29 is 34.7 Å². The highest BCUT2D eigenvalue weighted by Crippen LogP contribution is 2.68. The van der Waals surface area contributed by atoms with Gasteiger partial charge in [-0.15, -0.1) is 0 Å². The van der Waals surface area contributed by atoms with Crippen molar-refractivity contribution >= 4 is 22.8 Å². The number of nitrogen functional groups attached to an aromatic ring is 1. The zero-order valence-electron chi connectivity index (χ0n) is 29.1. The third-order valence-corrected chi connectivity index (χ3v) is 14.2. The number of hydrogen-bond donors (Lipinski definition) is 5. The first-order valence-electron chi connectivity index (χ1n) is 18.5. The summed E-state index contributed by atoms with van der Waals surface area (Å²) >= 11 is 0. The topological polar surface area (TPSA) is 173 Å². The zero-order valence-corrected chi connectivity index (χ0v) is 29.1. The standard InChI is InChI=1S/C38H54N4O7/c1-21(26-9-10-27-25-8-7-23-15-24(44)12-13-37(23,2)28(25)16-31(46)38(26,27)3)6-11-33(47)48-14-4-5-22-18-42(32-17-29(45)30(19-43)49-32)36-34(22)35(39)40-20-41-36/h18,20-21,23-32,43-46H,6-17,19H2,1-3H3,(H2,39,40,41)/t21-,23-,24-,25+,26-,27+,28+,29+,30-,31+,32-,37+,38-/m1/s1. The lowest BCUT2D eigenvalue weighted by atomic mass is 9.43. The number of fused-ring (bicyclic) bond motifs is 6. The summed E-state index contributed by atoms with van der Waals surface area (Å²) in [5, 5.41) is 42.5. The molecule has 11 heteroatoms. The van der Waals surface area contributed by atoms with Crippen LogP contribution in [0.4, 0.5) is 5.82 Å². The van der Waals surface area contributed by atoms with Gasteiger partial charge in [-0.05, 0) is 104 Å². The first-order valence-corrected chi connectivity index (χ1v) is 18.5. The van der Waals surface area contributed by atoms with Crippen molar-refractivity contribution in [2.24, 2.45) is 46.3 Å². The molecule has 6 N–H and O–H groups in total. The average molecular weight is 679 g/mol. The summed E-state index contributed by atoms with van der Waals surface area (Å²) in [6, 6.07) is 0. The SMILES string of the molecule is C[C@H](CCC(=O)OCC#Cc1cn([C@H]2C[C@H](O)[C@@H](CO)O2)c2ncnc(N)c12)[C@H]1CC[C@H]2[C@@H]3CC[C@@H]4C[C@H](O)CC[C@]4(C)[C@H]3C[C@H](O)[C@]12C. The molecule has 2 aromatic rings. The summed E-state index contributed by atoms with van der Waals surface area (Å²) < 4.78 is 13.1. The van der Waals surface area contributed by atoms with Crippen LogP contribution >= 0.6 is 0 Å². The molecular formula is C38H54N4O7. The number of nitrogens with two attached hydrogens (primary N) is 1. The summed E-state index contributed by atoms with van der Waals surface area (Å²) in [4.78, 5) is 21.3. The number of rotatable bonds is 7. The fraction of sp³-hybridized carbons (Fsp3) is 0.763. The smallest absolute Gasteiger partial charge is 0.306 e. The molecule has 2 aromatic heterocycles. The molecule has 11 nitrogen and oxygen atoms in total. The minimum absolute atomic E-state index is 0.0689. The van der Waals surface area contributed by atoms with Crippen LogP contribution in [0, 0.1) is 58.2 Å². The predicted molar refractivity (Wildman–Crippen MR) is 182 cm³/mol. The Kier molecular flexibility index (Phi) is 9.50. The molecule has 3 heterocycles. The molecule has 0 spiro atoms. The summed E-state index contributed by atoms with van der Waals surface area (Å²) in [6.07, 6.45) is 10.2. The van der Waals surface area contributed by atoms with Crippen LogP contribution in [0.3, 0.4) is 0 Å². The molecule has 0 bridgehead atoms. The second-order valence-electron chi connectivity index (χ2n) is 16.4. The van der Waals surface area contributed by atoms with Gasteiger partial charge in [-0.25, -0.2) is 9.97 Å². The number of hydrogen-bond acceptors (Lipinski definition) is 10. The van der Waals surface area contributed by atoms with Crippen LogP contribution in [0.2, 0.25) is 0 Å². The highest BCUT2D eigenvalue weighted by Gasteiger charge is 2.63. The van der Waals surface area contributed by atoms with Gasteiger partial charge < -0.3 is 40.2 Å². The minimum Gasteiger partial charge on any atom is -0.452 e. The fourth-order valence-corrected chi connectivity index (χ4v) is 11.5. The van der Waals surface area contributed by atoms with Crippen LogP contribution in [0.25, 0.3) is 11.0 Å². The molecule has 49 heavy (non-hydrogen) atoms. The van der Waals surface area contributed by atoms with Crippen LogP contribution in [0.1, 0.15) is 103 Å². The van der Waals surface area contributed by atoms with E-state index in [4.69, 9.17) is 15.2 Å². The number of nitrogens with zero attached hydrogens (tertiary/aromatic N) is 3. The van der Waals surface area contributed by atoms with E-state index in [1.807, 2.05) is 0 Å². The van der Waals surface area contributed by atoms with E-state index in [0.717, 1.165) is 38.5 Å². The first kappa shape index (κ1) is 34.7. The first-order chi connectivity index (χ1) is 23.4. The van der Waals surface area contributed by atoms with Gasteiger partial charge in [-0.2, -0.15) is 0 Å². The predicted octanol–water partition coefficient (Wildman–Crippen LogP) is 3.96. The van der Waals surface area contributed by atoms with Gasteiger partial charge in [0.2, 0.25) is 0 Å². The maximum atomic E-state index is 12.9. The zero-order chi connectivity index (χ0) is 34.7. The maximum absolute atomic E-state index is 12.9. The van der Waals surface area contributed by atoms with Crippen LogP contribution in [0.5, 0.6) is 0 Å². The van der Waals surface area contributed by atoms with Gasteiger partial charge in [0.15, 0.2) is 6.61 Å². The molecular weight excluding hydrogens is 624 g/mol. The Hall–Kier alpha value is -2.75. The van der Waals surface area contributed by atoms with Crippen molar-refractivity contribution in [2.45, 2.75) is 122 Å². The maximum Gasteiger partial charge on any atom is 0.306 e. The van der Waals surface area contributed by atoms with E-state index in [1.165, 1.54) is 19.2 Å². The molecule has 5 fully saturated rings. The van der Waals surface area contributed by atoms with E-state index >= 15 is 0 Å². The van der Waals surface area contributed by atoms with Crippen molar-refractivity contribution in [3.8, 4) is 11.8 Å². The van der Waals surface area contributed by atoms with E-state index < -0.39 is 18.4 Å². The number of aromatic nitrogens is 3. The molecule has 4 saturated carbocycles. The molecule has 0 aromatic carbocycles. The normalized spacial score (nSPS) is 40.6. The third kappa shape index (κ3) is 5.95. The van der Waals surface area contributed by atoms with Crippen LogP contribution in [-0.2, 0) is 14.3 Å². The van der Waals surface area contributed by atoms with Crippen molar-refractivity contribution in [1.29, 1.82) is 0 Å². The summed E-state index contributed by atoms with van der Waals surface area (Å²) in [5.74, 6) is 8.83. The van der Waals surface area contributed by atoms with E-state index in [1.54, 1.807) is 10.8 Å². The lowest BCUT2D eigenvalue weighted by molar-refractivity contribution is -0.175. The summed E-state index contributed by atoms with van der Waals surface area (Å²) in [5.41, 5.74) is 7.33. The number of carbonyl (C=O) groups is 1. The molecule has 5 aliphatic rings. The summed E-state index contributed by atoms with van der Waals surface area (Å²) in [6.45, 7) is 6.67. The van der Waals surface area contributed by atoms with Gasteiger partial charge in [0.1, 0.15) is 30.1 Å². The van der Waals surface area contributed by atoms with Gasteiger partial charge in [-0.3, -0.25) is 4.79 Å². The molecule has 13 atom stereocenters. The van der Waals surface area contributed by atoms with Crippen molar-refractivity contribution in [3.05, 3.63) is 18.1 Å². The molecule has 0 amide bonds. The Bertz CT molecular complexity index is 1600. The fourth-order valence-electron chi connectivity index (χ4n) is 11.5. The molecule has 268 valence electrons. The number of anilines is 1. The number of esters is 1. The van der Waals surface area contributed by atoms with Crippen LogP contribution < -0.4 is 5.73 Å². The van der Waals surface area contributed by atoms with Crippen molar-refractivity contribution in [1.82, 2.24) is 14.5 Å². The Morgan fingerprint density at radius 2 is 1.94 bits per heavy atom. The number of aliphatic hydroxyl groups excluding tert-OH is 4. The quantitative estimate of drug-likeness (QED) is 0.213. The van der Waals surface area contributed by atoms with Gasteiger partial charge in [0.25, 0.3) is 0 Å². The molecule has 7 rings (SSSR count). The Morgan fingerprint density at radius 3 is 2.71 bits per heavy atom. The highest BCUT2D eigenvalue weighted by molar-refractivity contribution is 5.92. The molecule has 1 saturated heterocycles. The molecule has 0 unspecified atom stereocenters. The van der Waals surface area contributed by atoms with Gasteiger partial charge in [0, 0.05) is 19.0 Å². The minimum atomic E-state index is -0.803. The summed E-state index contributed by atoms with van der Waals surface area (Å²) in [7, 11) is 0. The number of carbonyl (C=O) groups excluding carboxylic acids is 1. The van der Waals surface area contributed by atoms with Crippen molar-refractivity contribution in [3.63, 3.8) is 0 Å². The van der Waals surface area contributed by atoms with E-state index in [-0.39, 0.29) is 60.4 Å². The Morgan fingerprint density at radius 1 is 1.12 bits per heavy atom. The van der Waals surface area contributed by atoms with E-state index in [0.29, 0.717) is 59.0 Å². The second kappa shape index (κ2) is 13.4. The lowest BCUT2D eigenvalue weighted by Gasteiger charge is -2.62.